The summed E-state index contributed by atoms with van der Waals surface area (Å²) in [5, 5.41) is 9.00. The Labute approximate surface area is 237 Å². The molecule has 39 heavy (non-hydrogen) atoms. The van der Waals surface area contributed by atoms with E-state index in [1.807, 2.05) is 48.5 Å². The first-order valence-corrected chi connectivity index (χ1v) is 13.7. The molecule has 1 unspecified atom stereocenters. The Hall–Kier alpha value is -3.49. The summed E-state index contributed by atoms with van der Waals surface area (Å²) >= 11 is 5.06. The van der Waals surface area contributed by atoms with Gasteiger partial charge in [-0.1, -0.05) is 76.6 Å². The molecule has 200 valence electrons. The van der Waals surface area contributed by atoms with Crippen molar-refractivity contribution in [3.05, 3.63) is 124 Å². The third-order valence-corrected chi connectivity index (χ3v) is 7.38. The van der Waals surface area contributed by atoms with Gasteiger partial charge in [0.25, 0.3) is 0 Å². The molecule has 0 aliphatic heterocycles. The Bertz CT molecular complexity index is 1450. The quantitative estimate of drug-likeness (QED) is 0.191. The van der Waals surface area contributed by atoms with Crippen LogP contribution >= 0.6 is 27.7 Å². The van der Waals surface area contributed by atoms with Gasteiger partial charge in [0.05, 0.1) is 5.56 Å². The van der Waals surface area contributed by atoms with Gasteiger partial charge in [-0.3, -0.25) is 0 Å². The van der Waals surface area contributed by atoms with E-state index in [1.54, 1.807) is 42.1 Å². The van der Waals surface area contributed by atoms with Crippen molar-refractivity contribution < 1.29 is 27.8 Å². The molecule has 0 fully saturated rings. The minimum Gasteiger partial charge on any atom is -0.479 e. The van der Waals surface area contributed by atoms with Gasteiger partial charge < -0.3 is 9.84 Å². The molecule has 1 atom stereocenters. The molecule has 0 aromatic heterocycles. The van der Waals surface area contributed by atoms with Crippen molar-refractivity contribution in [1.82, 2.24) is 0 Å². The summed E-state index contributed by atoms with van der Waals surface area (Å²) < 4.78 is 46.9. The highest BCUT2D eigenvalue weighted by Gasteiger charge is 2.33. The first kappa shape index (κ1) is 28.5. The number of thioether (sulfide) groups is 1. The van der Waals surface area contributed by atoms with E-state index < -0.39 is 23.8 Å². The molecule has 3 nitrogen and oxygen atoms in total. The van der Waals surface area contributed by atoms with Crippen LogP contribution in [0.15, 0.2) is 113 Å². The third-order valence-electron chi connectivity index (χ3n) is 5.92. The summed E-state index contributed by atoms with van der Waals surface area (Å²) in [5.41, 5.74) is 2.81. The molecular formula is C31H24BrF3O3S. The lowest BCUT2D eigenvalue weighted by atomic mass is 9.94. The van der Waals surface area contributed by atoms with Crippen LogP contribution in [0.25, 0.3) is 16.7 Å². The number of alkyl halides is 3. The summed E-state index contributed by atoms with van der Waals surface area (Å²) in [4.78, 5) is 12.0. The molecule has 0 bridgehead atoms. The summed E-state index contributed by atoms with van der Waals surface area (Å²) in [6.45, 7) is 1.47. The summed E-state index contributed by atoms with van der Waals surface area (Å²) in [6.07, 6.45) is -3.29. The van der Waals surface area contributed by atoms with Crippen LogP contribution in [-0.2, 0) is 11.0 Å². The fraction of sp³-hybridized carbons (Fsp3) is 0.129. The standard InChI is InChI=1S/C31H24BrF3O3S/c1-20(30(36)37)38-25-14-16-26(17-15-25)39-19-18-27(22-10-12-24(32)13-11-22)21-6-8-23(9-7-21)28-4-2-3-5-29(28)31(33,34)35/h2-18,20H,19H2,1H3,(H,36,37). The number of aliphatic carboxylic acids is 1. The van der Waals surface area contributed by atoms with Crippen molar-refractivity contribution >= 4 is 39.2 Å². The van der Waals surface area contributed by atoms with Gasteiger partial charge in [0.2, 0.25) is 0 Å². The molecule has 0 radical (unpaired) electrons. The summed E-state index contributed by atoms with van der Waals surface area (Å²) in [7, 11) is 0. The van der Waals surface area contributed by atoms with Crippen LogP contribution < -0.4 is 4.74 Å². The van der Waals surface area contributed by atoms with Crippen molar-refractivity contribution in [2.75, 3.05) is 5.75 Å². The maximum absolute atomic E-state index is 13.5. The maximum Gasteiger partial charge on any atom is 0.417 e. The van der Waals surface area contributed by atoms with Gasteiger partial charge in [-0.05, 0) is 77.2 Å². The molecule has 1 N–H and O–H groups in total. The van der Waals surface area contributed by atoms with Crippen LogP contribution in [0.2, 0.25) is 0 Å². The van der Waals surface area contributed by atoms with E-state index in [2.05, 4.69) is 22.0 Å². The van der Waals surface area contributed by atoms with Crippen LogP contribution in [0.1, 0.15) is 23.6 Å². The molecule has 4 aromatic rings. The molecule has 0 heterocycles. The molecule has 0 saturated carbocycles. The van der Waals surface area contributed by atoms with Crippen molar-refractivity contribution in [2.45, 2.75) is 24.1 Å². The molecule has 0 aliphatic carbocycles. The zero-order chi connectivity index (χ0) is 28.0. The zero-order valence-corrected chi connectivity index (χ0v) is 23.2. The second-order valence-corrected chi connectivity index (χ2v) is 10.6. The van der Waals surface area contributed by atoms with Crippen LogP contribution in [0, 0.1) is 0 Å². The molecule has 0 spiro atoms. The Morgan fingerprint density at radius 1 is 0.923 bits per heavy atom. The van der Waals surface area contributed by atoms with Crippen molar-refractivity contribution in [2.24, 2.45) is 0 Å². The minimum absolute atomic E-state index is 0.145. The molecule has 0 aliphatic rings. The lowest BCUT2D eigenvalue weighted by Crippen LogP contribution is -2.22. The topological polar surface area (TPSA) is 46.5 Å². The van der Waals surface area contributed by atoms with Crippen LogP contribution in [0.3, 0.4) is 0 Å². The number of ether oxygens (including phenoxy) is 1. The normalized spacial score (nSPS) is 12.7. The van der Waals surface area contributed by atoms with Gasteiger partial charge in [-0.15, -0.1) is 11.8 Å². The third kappa shape index (κ3) is 7.55. The number of carboxylic acids is 1. The minimum atomic E-state index is -4.44. The first-order chi connectivity index (χ1) is 18.6. The molecule has 4 rings (SSSR count). The monoisotopic (exact) mass is 612 g/mol. The SMILES string of the molecule is CC(Oc1ccc(SCC=C(c2ccc(Br)cc2)c2ccc(-c3ccccc3C(F)(F)F)cc2)cc1)C(=O)O. The van der Waals surface area contributed by atoms with Crippen molar-refractivity contribution in [3.8, 4) is 16.9 Å². The van der Waals surface area contributed by atoms with Gasteiger partial charge >= 0.3 is 12.1 Å². The van der Waals surface area contributed by atoms with Crippen LogP contribution in [0.5, 0.6) is 5.75 Å². The Morgan fingerprint density at radius 2 is 1.51 bits per heavy atom. The highest BCUT2D eigenvalue weighted by molar-refractivity contribution is 9.10. The van der Waals surface area contributed by atoms with E-state index >= 15 is 0 Å². The second-order valence-electron chi connectivity index (χ2n) is 8.63. The fourth-order valence-corrected chi connectivity index (χ4v) is 4.97. The first-order valence-electron chi connectivity index (χ1n) is 12.0. The molecule has 8 heteroatoms. The lowest BCUT2D eigenvalue weighted by Gasteiger charge is -2.14. The highest BCUT2D eigenvalue weighted by Crippen LogP contribution is 2.37. The molecule has 0 amide bonds. The number of rotatable bonds is 9. The predicted molar refractivity (Wildman–Crippen MR) is 153 cm³/mol. The number of benzene rings is 4. The van der Waals surface area contributed by atoms with Crippen LogP contribution in [-0.4, -0.2) is 22.9 Å². The second kappa shape index (κ2) is 12.6. The maximum atomic E-state index is 13.5. The van der Waals surface area contributed by atoms with E-state index in [1.165, 1.54) is 19.1 Å². The van der Waals surface area contributed by atoms with Crippen LogP contribution in [0.4, 0.5) is 13.2 Å². The largest absolute Gasteiger partial charge is 0.479 e. The van der Waals surface area contributed by atoms with Gasteiger partial charge in [-0.2, -0.15) is 13.2 Å². The zero-order valence-electron chi connectivity index (χ0n) is 20.8. The Morgan fingerprint density at radius 3 is 2.10 bits per heavy atom. The van der Waals surface area contributed by atoms with Gasteiger partial charge in [0.1, 0.15) is 5.75 Å². The number of halogens is 4. The average Bonchev–Trinajstić information content (AvgIpc) is 2.92. The Balaban J connectivity index is 1.57. The molecule has 0 saturated heterocycles. The predicted octanol–water partition coefficient (Wildman–Crippen LogP) is 9.21. The van der Waals surface area contributed by atoms with Crippen molar-refractivity contribution in [1.29, 1.82) is 0 Å². The number of hydrogen-bond donors (Lipinski definition) is 1. The van der Waals surface area contributed by atoms with E-state index in [0.29, 0.717) is 17.1 Å². The molecular weight excluding hydrogens is 589 g/mol. The smallest absolute Gasteiger partial charge is 0.417 e. The van der Waals surface area contributed by atoms with E-state index in [0.717, 1.165) is 32.1 Å². The highest BCUT2D eigenvalue weighted by atomic mass is 79.9. The fourth-order valence-electron chi connectivity index (χ4n) is 3.93. The Kier molecular flexibility index (Phi) is 9.20. The van der Waals surface area contributed by atoms with E-state index in [-0.39, 0.29) is 5.56 Å². The van der Waals surface area contributed by atoms with Crippen molar-refractivity contribution in [3.63, 3.8) is 0 Å². The molecule has 4 aromatic carbocycles. The van der Waals surface area contributed by atoms with Gasteiger partial charge in [-0.25, -0.2) is 4.79 Å². The van der Waals surface area contributed by atoms with Gasteiger partial charge in [0.15, 0.2) is 6.10 Å². The van der Waals surface area contributed by atoms with Gasteiger partial charge in [0, 0.05) is 15.1 Å². The number of hydrogen-bond acceptors (Lipinski definition) is 3. The van der Waals surface area contributed by atoms with E-state index in [4.69, 9.17) is 9.84 Å². The summed E-state index contributed by atoms with van der Waals surface area (Å²) in [5.74, 6) is 0.0830. The lowest BCUT2D eigenvalue weighted by molar-refractivity contribution is -0.144. The summed E-state index contributed by atoms with van der Waals surface area (Å²) in [6, 6.07) is 27.8. The number of carbonyl (C=O) groups is 1. The number of carboxylic acid groups (broad SMARTS) is 1. The van der Waals surface area contributed by atoms with E-state index in [9.17, 15) is 18.0 Å². The average molecular weight is 613 g/mol.